The van der Waals surface area contributed by atoms with Gasteiger partial charge in [-0.05, 0) is 48.5 Å². The van der Waals surface area contributed by atoms with Crippen LogP contribution in [0.1, 0.15) is 0 Å². The molecular weight excluding hydrogens is 437 g/mol. The van der Waals surface area contributed by atoms with Crippen molar-refractivity contribution in [3.8, 4) is 22.9 Å². The molecule has 5 rings (SSSR count). The maximum Gasteiger partial charge on any atom is 0.173 e. The van der Waals surface area contributed by atoms with Gasteiger partial charge in [0.2, 0.25) is 0 Å². The number of aromatic nitrogens is 7. The average molecular weight is 450 g/mol. The van der Waals surface area contributed by atoms with Gasteiger partial charge in [-0.2, -0.15) is 10.2 Å². The van der Waals surface area contributed by atoms with Crippen molar-refractivity contribution in [2.75, 3.05) is 0 Å². The van der Waals surface area contributed by atoms with Gasteiger partial charge in [-0.25, -0.2) is 28.7 Å². The molecule has 0 atom stereocenters. The first-order valence-electron chi connectivity index (χ1n) is 9.12. The SMILES string of the molecule is Fc1ccc(-n2cc(Sc3ccc(Cl)cc3)c(-c3cnc(-n4cncn4)cn3)n2)cc1. The lowest BCUT2D eigenvalue weighted by molar-refractivity contribution is 0.627. The highest BCUT2D eigenvalue weighted by Gasteiger charge is 2.16. The topological polar surface area (TPSA) is 74.3 Å². The fraction of sp³-hybridized carbons (Fsp3) is 0. The molecule has 3 aromatic heterocycles. The third-order valence-corrected chi connectivity index (χ3v) is 5.63. The predicted molar refractivity (Wildman–Crippen MR) is 115 cm³/mol. The third kappa shape index (κ3) is 4.18. The summed E-state index contributed by atoms with van der Waals surface area (Å²) in [7, 11) is 0. The largest absolute Gasteiger partial charge is 0.249 e. The third-order valence-electron chi connectivity index (χ3n) is 4.35. The number of hydrogen-bond acceptors (Lipinski definition) is 6. The number of rotatable bonds is 5. The molecule has 3 heterocycles. The van der Waals surface area contributed by atoms with Crippen LogP contribution in [-0.4, -0.2) is 34.5 Å². The Morgan fingerprint density at radius 2 is 1.71 bits per heavy atom. The lowest BCUT2D eigenvalue weighted by atomic mass is 10.3. The van der Waals surface area contributed by atoms with Gasteiger partial charge in [0.15, 0.2) is 5.82 Å². The number of benzene rings is 2. The zero-order valence-electron chi connectivity index (χ0n) is 15.8. The molecule has 10 heteroatoms. The van der Waals surface area contributed by atoms with Crippen LogP contribution in [0.25, 0.3) is 22.9 Å². The standard InChI is InChI=1S/C21H13ClFN7S/c22-14-1-7-17(8-2-14)31-19-11-29(16-5-3-15(23)4-6-16)28-21(19)18-9-26-20(10-25-18)30-13-24-12-27-30/h1-13H. The van der Waals surface area contributed by atoms with Crippen LogP contribution in [0.3, 0.4) is 0 Å². The van der Waals surface area contributed by atoms with Crippen LogP contribution in [0.5, 0.6) is 0 Å². The van der Waals surface area contributed by atoms with Gasteiger partial charge in [-0.3, -0.25) is 0 Å². The van der Waals surface area contributed by atoms with Crippen LogP contribution < -0.4 is 0 Å². The highest BCUT2D eigenvalue weighted by molar-refractivity contribution is 7.99. The fourth-order valence-corrected chi connectivity index (χ4v) is 3.90. The summed E-state index contributed by atoms with van der Waals surface area (Å²) in [6.45, 7) is 0. The minimum Gasteiger partial charge on any atom is -0.249 e. The van der Waals surface area contributed by atoms with E-state index >= 15 is 0 Å². The second-order valence-electron chi connectivity index (χ2n) is 6.42. The molecule has 0 bridgehead atoms. The molecule has 7 nitrogen and oxygen atoms in total. The maximum atomic E-state index is 13.4. The van der Waals surface area contributed by atoms with E-state index in [1.54, 1.807) is 35.5 Å². The van der Waals surface area contributed by atoms with Gasteiger partial charge in [0.05, 0.1) is 23.0 Å². The van der Waals surface area contributed by atoms with Crippen LogP contribution in [0.4, 0.5) is 4.39 Å². The van der Waals surface area contributed by atoms with E-state index in [0.717, 1.165) is 15.5 Å². The second-order valence-corrected chi connectivity index (χ2v) is 7.97. The first kappa shape index (κ1) is 19.4. The summed E-state index contributed by atoms with van der Waals surface area (Å²) >= 11 is 7.54. The molecule has 0 saturated carbocycles. The van der Waals surface area contributed by atoms with E-state index in [1.807, 2.05) is 30.5 Å². The summed E-state index contributed by atoms with van der Waals surface area (Å²) in [5.41, 5.74) is 1.99. The molecular formula is C21H13ClFN7S. The molecule has 0 radical (unpaired) electrons. The Morgan fingerprint density at radius 1 is 0.903 bits per heavy atom. The first-order chi connectivity index (χ1) is 15.2. The Kier molecular flexibility index (Phi) is 5.19. The van der Waals surface area contributed by atoms with E-state index in [0.29, 0.717) is 22.2 Å². The molecule has 0 amide bonds. The van der Waals surface area contributed by atoms with Crippen LogP contribution in [-0.2, 0) is 0 Å². The fourth-order valence-electron chi connectivity index (χ4n) is 2.85. The van der Waals surface area contributed by atoms with E-state index in [2.05, 4.69) is 20.1 Å². The molecule has 0 N–H and O–H groups in total. The van der Waals surface area contributed by atoms with Crippen molar-refractivity contribution in [1.82, 2.24) is 34.5 Å². The Morgan fingerprint density at radius 3 is 2.39 bits per heavy atom. The Balaban J connectivity index is 1.55. The second kappa shape index (κ2) is 8.29. The molecule has 152 valence electrons. The minimum absolute atomic E-state index is 0.304. The highest BCUT2D eigenvalue weighted by Crippen LogP contribution is 2.35. The van der Waals surface area contributed by atoms with Crippen molar-refractivity contribution in [3.63, 3.8) is 0 Å². The zero-order valence-corrected chi connectivity index (χ0v) is 17.4. The lowest BCUT2D eigenvalue weighted by Gasteiger charge is -2.03. The number of nitrogens with zero attached hydrogens (tertiary/aromatic N) is 7. The van der Waals surface area contributed by atoms with Gasteiger partial charge in [0.1, 0.15) is 29.9 Å². The highest BCUT2D eigenvalue weighted by atomic mass is 35.5. The molecule has 31 heavy (non-hydrogen) atoms. The van der Waals surface area contributed by atoms with Crippen molar-refractivity contribution in [1.29, 1.82) is 0 Å². The molecule has 0 aliphatic carbocycles. The molecule has 0 aliphatic rings. The van der Waals surface area contributed by atoms with Crippen molar-refractivity contribution < 1.29 is 4.39 Å². The van der Waals surface area contributed by atoms with E-state index < -0.39 is 0 Å². The van der Waals surface area contributed by atoms with Crippen LogP contribution in [0, 0.1) is 5.82 Å². The van der Waals surface area contributed by atoms with Crippen molar-refractivity contribution >= 4 is 23.4 Å². The molecule has 0 aliphatic heterocycles. The Bertz CT molecular complexity index is 1300. The average Bonchev–Trinajstić information content (AvgIpc) is 3.47. The predicted octanol–water partition coefficient (Wildman–Crippen LogP) is 4.85. The number of hydrogen-bond donors (Lipinski definition) is 0. The van der Waals surface area contributed by atoms with E-state index in [4.69, 9.17) is 16.7 Å². The number of halogens is 2. The zero-order chi connectivity index (χ0) is 21.2. The van der Waals surface area contributed by atoms with Gasteiger partial charge in [0, 0.05) is 16.1 Å². The van der Waals surface area contributed by atoms with Crippen molar-refractivity contribution in [2.24, 2.45) is 0 Å². The summed E-state index contributed by atoms with van der Waals surface area (Å²) in [5.74, 6) is 0.243. The Hall–Kier alpha value is -3.56. The van der Waals surface area contributed by atoms with Gasteiger partial charge in [-0.15, -0.1) is 0 Å². The summed E-state index contributed by atoms with van der Waals surface area (Å²) in [6.07, 6.45) is 8.11. The van der Waals surface area contributed by atoms with Crippen molar-refractivity contribution in [2.45, 2.75) is 9.79 Å². The van der Waals surface area contributed by atoms with E-state index in [-0.39, 0.29) is 5.82 Å². The summed E-state index contributed by atoms with van der Waals surface area (Å²) in [5, 5.41) is 9.42. The molecule has 5 aromatic rings. The van der Waals surface area contributed by atoms with Crippen LogP contribution in [0.2, 0.25) is 5.02 Å². The quantitative estimate of drug-likeness (QED) is 0.381. The van der Waals surface area contributed by atoms with Crippen LogP contribution >= 0.6 is 23.4 Å². The van der Waals surface area contributed by atoms with Gasteiger partial charge in [0.25, 0.3) is 0 Å². The molecule has 0 spiro atoms. The van der Waals surface area contributed by atoms with E-state index in [9.17, 15) is 4.39 Å². The molecule has 0 saturated heterocycles. The normalized spacial score (nSPS) is 11.0. The molecule has 0 unspecified atom stereocenters. The van der Waals surface area contributed by atoms with Crippen LogP contribution in [0.15, 0.2) is 89.6 Å². The summed E-state index contributed by atoms with van der Waals surface area (Å²) in [6, 6.07) is 13.7. The minimum atomic E-state index is -0.304. The van der Waals surface area contributed by atoms with Gasteiger partial charge >= 0.3 is 0 Å². The molecule has 2 aromatic carbocycles. The molecule has 0 fully saturated rings. The first-order valence-corrected chi connectivity index (χ1v) is 10.3. The van der Waals surface area contributed by atoms with Gasteiger partial charge < -0.3 is 0 Å². The lowest BCUT2D eigenvalue weighted by Crippen LogP contribution is -2.00. The Labute approximate surface area is 185 Å². The van der Waals surface area contributed by atoms with Gasteiger partial charge in [-0.1, -0.05) is 23.4 Å². The van der Waals surface area contributed by atoms with E-state index in [1.165, 1.54) is 34.9 Å². The summed E-state index contributed by atoms with van der Waals surface area (Å²) in [4.78, 5) is 14.7. The monoisotopic (exact) mass is 449 g/mol. The maximum absolute atomic E-state index is 13.4. The smallest absolute Gasteiger partial charge is 0.173 e. The summed E-state index contributed by atoms with van der Waals surface area (Å²) < 4.78 is 16.6. The van der Waals surface area contributed by atoms with Crippen molar-refractivity contribution in [3.05, 3.63) is 90.6 Å².